The van der Waals surface area contributed by atoms with E-state index in [1.165, 1.54) is 5.56 Å². The number of carbonyl (C=O) groups excluding carboxylic acids is 1. The van der Waals surface area contributed by atoms with Gasteiger partial charge < -0.3 is 4.90 Å². The molecule has 138 valence electrons. The fraction of sp³-hybridized carbons (Fsp3) is 0.381. The number of halogens is 1. The van der Waals surface area contributed by atoms with Gasteiger partial charge in [0.2, 0.25) is 5.91 Å². The number of piperazine rings is 1. The number of rotatable bonds is 6. The van der Waals surface area contributed by atoms with Crippen molar-refractivity contribution in [3.63, 3.8) is 0 Å². The molecule has 1 fully saturated rings. The van der Waals surface area contributed by atoms with Gasteiger partial charge in [-0.15, -0.1) is 11.8 Å². The minimum atomic E-state index is -0.0307. The monoisotopic (exact) mass is 388 g/mol. The van der Waals surface area contributed by atoms with Crippen LogP contribution in [0.1, 0.15) is 18.9 Å². The topological polar surface area (TPSA) is 23.6 Å². The molecule has 0 bridgehead atoms. The number of benzene rings is 2. The third-order valence-electron chi connectivity index (χ3n) is 4.67. The van der Waals surface area contributed by atoms with E-state index in [0.29, 0.717) is 0 Å². The number of amides is 1. The second kappa shape index (κ2) is 9.45. The Kier molecular flexibility index (Phi) is 7.00. The Labute approximate surface area is 165 Å². The standard InChI is InChI=1S/C21H25ClN2OS/c1-2-20(26-19-10-8-18(22)9-11-19)21(25)24-14-12-23(13-15-24)16-17-6-4-3-5-7-17/h3-11,20H,2,12-16H2,1H3. The lowest BCUT2D eigenvalue weighted by Crippen LogP contribution is -2.50. The van der Waals surface area contributed by atoms with Gasteiger partial charge >= 0.3 is 0 Å². The number of carbonyl (C=O) groups is 1. The van der Waals surface area contributed by atoms with E-state index in [1.54, 1.807) is 11.8 Å². The highest BCUT2D eigenvalue weighted by atomic mass is 35.5. The molecule has 1 saturated heterocycles. The van der Waals surface area contributed by atoms with Crippen LogP contribution in [0.5, 0.6) is 0 Å². The van der Waals surface area contributed by atoms with Crippen LogP contribution in [-0.2, 0) is 11.3 Å². The van der Waals surface area contributed by atoms with Crippen LogP contribution < -0.4 is 0 Å². The third kappa shape index (κ3) is 5.26. The summed E-state index contributed by atoms with van der Waals surface area (Å²) in [5.41, 5.74) is 1.33. The van der Waals surface area contributed by atoms with Gasteiger partial charge in [0.05, 0.1) is 5.25 Å². The van der Waals surface area contributed by atoms with Crippen LogP contribution in [0.4, 0.5) is 0 Å². The fourth-order valence-corrected chi connectivity index (χ4v) is 4.32. The summed E-state index contributed by atoms with van der Waals surface area (Å²) >= 11 is 7.59. The Morgan fingerprint density at radius 3 is 2.31 bits per heavy atom. The zero-order valence-electron chi connectivity index (χ0n) is 15.1. The van der Waals surface area contributed by atoms with Crippen molar-refractivity contribution in [2.45, 2.75) is 30.0 Å². The van der Waals surface area contributed by atoms with E-state index in [9.17, 15) is 4.79 Å². The summed E-state index contributed by atoms with van der Waals surface area (Å²) in [6.45, 7) is 6.52. The fourth-order valence-electron chi connectivity index (χ4n) is 3.16. The molecule has 3 nitrogen and oxygen atoms in total. The molecule has 0 N–H and O–H groups in total. The van der Waals surface area contributed by atoms with Crippen molar-refractivity contribution in [2.24, 2.45) is 0 Å². The Morgan fingerprint density at radius 1 is 1.04 bits per heavy atom. The molecule has 2 aromatic rings. The third-order valence-corrected chi connectivity index (χ3v) is 6.29. The summed E-state index contributed by atoms with van der Waals surface area (Å²) in [5.74, 6) is 0.256. The van der Waals surface area contributed by atoms with Gasteiger partial charge in [0, 0.05) is 42.6 Å². The Bertz CT molecular complexity index is 700. The van der Waals surface area contributed by atoms with Crippen LogP contribution in [0.25, 0.3) is 0 Å². The lowest BCUT2D eigenvalue weighted by molar-refractivity contribution is -0.132. The van der Waals surface area contributed by atoms with Crippen molar-refractivity contribution in [1.29, 1.82) is 0 Å². The van der Waals surface area contributed by atoms with E-state index < -0.39 is 0 Å². The van der Waals surface area contributed by atoms with E-state index >= 15 is 0 Å². The highest BCUT2D eigenvalue weighted by molar-refractivity contribution is 8.00. The van der Waals surface area contributed by atoms with Crippen molar-refractivity contribution in [1.82, 2.24) is 9.80 Å². The molecule has 5 heteroatoms. The summed E-state index contributed by atoms with van der Waals surface area (Å²) in [5, 5.41) is 0.695. The maximum Gasteiger partial charge on any atom is 0.236 e. The van der Waals surface area contributed by atoms with Crippen LogP contribution in [0.3, 0.4) is 0 Å². The molecule has 0 aromatic heterocycles. The van der Waals surface area contributed by atoms with Crippen molar-refractivity contribution in [3.05, 3.63) is 65.2 Å². The van der Waals surface area contributed by atoms with E-state index in [1.807, 2.05) is 35.2 Å². The van der Waals surface area contributed by atoms with E-state index in [-0.39, 0.29) is 11.2 Å². The smallest absolute Gasteiger partial charge is 0.236 e. The van der Waals surface area contributed by atoms with E-state index in [2.05, 4.69) is 36.1 Å². The zero-order valence-corrected chi connectivity index (χ0v) is 16.7. The molecular weight excluding hydrogens is 364 g/mol. The van der Waals surface area contributed by atoms with Gasteiger partial charge in [0.15, 0.2) is 0 Å². The SMILES string of the molecule is CCC(Sc1ccc(Cl)cc1)C(=O)N1CCN(Cc2ccccc2)CC1. The lowest BCUT2D eigenvalue weighted by atomic mass is 10.2. The van der Waals surface area contributed by atoms with Crippen LogP contribution in [0, 0.1) is 0 Å². The molecule has 1 aliphatic rings. The molecule has 26 heavy (non-hydrogen) atoms. The summed E-state index contributed by atoms with van der Waals surface area (Å²) in [6, 6.07) is 18.3. The first-order valence-corrected chi connectivity index (χ1v) is 10.4. The van der Waals surface area contributed by atoms with Crippen molar-refractivity contribution >= 4 is 29.3 Å². The summed E-state index contributed by atoms with van der Waals surface area (Å²) in [4.78, 5) is 18.5. The Hall–Kier alpha value is -1.49. The van der Waals surface area contributed by atoms with Gasteiger partial charge in [-0.25, -0.2) is 0 Å². The van der Waals surface area contributed by atoms with Crippen molar-refractivity contribution < 1.29 is 4.79 Å². The number of nitrogens with zero attached hydrogens (tertiary/aromatic N) is 2. The predicted octanol–water partition coefficient (Wildman–Crippen LogP) is 4.56. The average molecular weight is 389 g/mol. The maximum atomic E-state index is 12.9. The largest absolute Gasteiger partial charge is 0.339 e. The molecule has 0 spiro atoms. The van der Waals surface area contributed by atoms with Gasteiger partial charge in [-0.05, 0) is 36.2 Å². The summed E-state index contributed by atoms with van der Waals surface area (Å²) in [7, 11) is 0. The van der Waals surface area contributed by atoms with E-state index in [4.69, 9.17) is 11.6 Å². The number of thioether (sulfide) groups is 1. The molecule has 1 aliphatic heterocycles. The second-order valence-corrected chi connectivity index (χ2v) is 8.27. The predicted molar refractivity (Wildman–Crippen MR) is 110 cm³/mol. The van der Waals surface area contributed by atoms with Crippen LogP contribution in [-0.4, -0.2) is 47.1 Å². The molecule has 0 saturated carbocycles. The van der Waals surface area contributed by atoms with Crippen LogP contribution in [0.15, 0.2) is 59.5 Å². The number of hydrogen-bond donors (Lipinski definition) is 0. The molecule has 0 aliphatic carbocycles. The highest BCUT2D eigenvalue weighted by Crippen LogP contribution is 2.28. The molecule has 1 unspecified atom stereocenters. The normalized spacial score (nSPS) is 16.5. The Balaban J connectivity index is 1.52. The second-order valence-electron chi connectivity index (χ2n) is 6.56. The van der Waals surface area contributed by atoms with Crippen LogP contribution >= 0.6 is 23.4 Å². The molecule has 1 heterocycles. The molecular formula is C21H25ClN2OS. The number of hydrogen-bond acceptors (Lipinski definition) is 3. The molecule has 1 atom stereocenters. The minimum Gasteiger partial charge on any atom is -0.339 e. The van der Waals surface area contributed by atoms with Gasteiger partial charge in [0.25, 0.3) is 0 Å². The summed E-state index contributed by atoms with van der Waals surface area (Å²) in [6.07, 6.45) is 0.830. The lowest BCUT2D eigenvalue weighted by Gasteiger charge is -2.36. The van der Waals surface area contributed by atoms with Crippen LogP contribution in [0.2, 0.25) is 5.02 Å². The summed E-state index contributed by atoms with van der Waals surface area (Å²) < 4.78 is 0. The first-order chi connectivity index (χ1) is 12.7. The molecule has 3 rings (SSSR count). The molecule has 1 amide bonds. The molecule has 2 aromatic carbocycles. The highest BCUT2D eigenvalue weighted by Gasteiger charge is 2.27. The maximum absolute atomic E-state index is 12.9. The van der Waals surface area contributed by atoms with Gasteiger partial charge in [0.1, 0.15) is 0 Å². The van der Waals surface area contributed by atoms with Crippen molar-refractivity contribution in [2.75, 3.05) is 26.2 Å². The Morgan fingerprint density at radius 2 is 1.69 bits per heavy atom. The van der Waals surface area contributed by atoms with Gasteiger partial charge in [-0.2, -0.15) is 0 Å². The molecule has 0 radical (unpaired) electrons. The quantitative estimate of drug-likeness (QED) is 0.678. The van der Waals surface area contributed by atoms with Gasteiger partial charge in [-0.3, -0.25) is 9.69 Å². The van der Waals surface area contributed by atoms with Crippen molar-refractivity contribution in [3.8, 4) is 0 Å². The average Bonchev–Trinajstić information content (AvgIpc) is 2.68. The minimum absolute atomic E-state index is 0.0307. The van der Waals surface area contributed by atoms with E-state index in [0.717, 1.165) is 49.1 Å². The first-order valence-electron chi connectivity index (χ1n) is 9.13. The zero-order chi connectivity index (χ0) is 18.4. The van der Waals surface area contributed by atoms with Gasteiger partial charge in [-0.1, -0.05) is 48.9 Å². The first kappa shape index (κ1) is 19.3.